The van der Waals surface area contributed by atoms with Crippen LogP contribution < -0.4 is 10.5 Å². The summed E-state index contributed by atoms with van der Waals surface area (Å²) in [5, 5.41) is 0. The molecule has 0 aromatic heterocycles. The van der Waals surface area contributed by atoms with E-state index in [-0.39, 0.29) is 0 Å². The van der Waals surface area contributed by atoms with Crippen LogP contribution in [-0.2, 0) is 6.54 Å². The number of hydrogen-bond acceptors (Lipinski definition) is 3. The van der Waals surface area contributed by atoms with E-state index in [1.165, 1.54) is 12.0 Å². The molecular formula is C18H30N2O. The minimum absolute atomic E-state index is 0.337. The van der Waals surface area contributed by atoms with Crippen LogP contribution in [0.1, 0.15) is 32.3 Å². The van der Waals surface area contributed by atoms with E-state index >= 15 is 0 Å². The lowest BCUT2D eigenvalue weighted by molar-refractivity contribution is 0.127. The molecule has 4 unspecified atom stereocenters. The van der Waals surface area contributed by atoms with Crippen LogP contribution in [0.5, 0.6) is 5.75 Å². The van der Waals surface area contributed by atoms with Gasteiger partial charge in [0.15, 0.2) is 0 Å². The first-order chi connectivity index (χ1) is 10.0. The Morgan fingerprint density at radius 3 is 2.62 bits per heavy atom. The Morgan fingerprint density at radius 2 is 1.95 bits per heavy atom. The zero-order valence-corrected chi connectivity index (χ0v) is 13.9. The van der Waals surface area contributed by atoms with E-state index in [1.807, 2.05) is 12.1 Å². The van der Waals surface area contributed by atoms with Crippen molar-refractivity contribution in [1.29, 1.82) is 0 Å². The Bertz CT molecular complexity index is 437. The highest BCUT2D eigenvalue weighted by Gasteiger charge is 2.32. The fraction of sp³-hybridized carbons (Fsp3) is 0.667. The first kappa shape index (κ1) is 16.3. The van der Waals surface area contributed by atoms with Crippen LogP contribution in [0.2, 0.25) is 0 Å². The summed E-state index contributed by atoms with van der Waals surface area (Å²) in [6, 6.07) is 8.59. The molecular weight excluding hydrogens is 260 g/mol. The van der Waals surface area contributed by atoms with Crippen LogP contribution >= 0.6 is 0 Å². The van der Waals surface area contributed by atoms with Crippen molar-refractivity contribution >= 4 is 0 Å². The zero-order chi connectivity index (χ0) is 15.4. The number of nitrogens with two attached hydrogens (primary N) is 1. The zero-order valence-electron chi connectivity index (χ0n) is 13.9. The van der Waals surface area contributed by atoms with Crippen molar-refractivity contribution in [3.05, 3.63) is 29.8 Å². The van der Waals surface area contributed by atoms with Crippen molar-refractivity contribution in [2.24, 2.45) is 23.5 Å². The first-order valence-electron chi connectivity index (χ1n) is 8.07. The number of hydrogen-bond donors (Lipinski definition) is 1. The van der Waals surface area contributed by atoms with Crippen molar-refractivity contribution in [3.8, 4) is 5.75 Å². The predicted molar refractivity (Wildman–Crippen MR) is 88.4 cm³/mol. The van der Waals surface area contributed by atoms with Gasteiger partial charge in [0.25, 0.3) is 0 Å². The van der Waals surface area contributed by atoms with Gasteiger partial charge in [-0.1, -0.05) is 32.0 Å². The van der Waals surface area contributed by atoms with Crippen LogP contribution in [-0.4, -0.2) is 31.6 Å². The third-order valence-corrected chi connectivity index (χ3v) is 4.88. The van der Waals surface area contributed by atoms with Gasteiger partial charge >= 0.3 is 0 Å². The van der Waals surface area contributed by atoms with E-state index in [0.29, 0.717) is 17.9 Å². The summed E-state index contributed by atoms with van der Waals surface area (Å²) in [5.41, 5.74) is 7.65. The lowest BCUT2D eigenvalue weighted by Gasteiger charge is -2.39. The molecule has 0 amide bonds. The number of ether oxygens (including phenoxy) is 1. The Labute approximate surface area is 129 Å². The number of nitrogens with zero attached hydrogens (tertiary/aromatic N) is 1. The molecule has 0 heterocycles. The summed E-state index contributed by atoms with van der Waals surface area (Å²) in [6.45, 7) is 6.66. The monoisotopic (exact) mass is 290 g/mol. The molecule has 0 bridgehead atoms. The second-order valence-corrected chi connectivity index (χ2v) is 6.89. The standard InChI is InChI=1S/C18H30N2O/c1-13-9-14(2)16(17(19)10-13)12-20(3)11-15-7-5-6-8-18(15)21-4/h5-8,13-14,16-17H,9-12,19H2,1-4H3. The molecule has 0 spiro atoms. The van der Waals surface area contributed by atoms with Crippen molar-refractivity contribution in [2.75, 3.05) is 20.7 Å². The Hall–Kier alpha value is -1.06. The average molecular weight is 290 g/mol. The Morgan fingerprint density at radius 1 is 1.24 bits per heavy atom. The smallest absolute Gasteiger partial charge is 0.123 e. The first-order valence-corrected chi connectivity index (χ1v) is 8.07. The maximum Gasteiger partial charge on any atom is 0.123 e. The third kappa shape index (κ3) is 4.21. The topological polar surface area (TPSA) is 38.5 Å². The predicted octanol–water partition coefficient (Wildman–Crippen LogP) is 3.14. The molecule has 21 heavy (non-hydrogen) atoms. The van der Waals surface area contributed by atoms with Crippen molar-refractivity contribution < 1.29 is 4.74 Å². The molecule has 2 N–H and O–H groups in total. The van der Waals surface area contributed by atoms with Crippen LogP contribution in [0.15, 0.2) is 24.3 Å². The molecule has 2 rings (SSSR count). The largest absolute Gasteiger partial charge is 0.496 e. The van der Waals surface area contributed by atoms with Crippen molar-refractivity contribution in [1.82, 2.24) is 4.90 Å². The highest BCUT2D eigenvalue weighted by Crippen LogP contribution is 2.33. The Balaban J connectivity index is 1.96. The van der Waals surface area contributed by atoms with E-state index in [0.717, 1.165) is 31.2 Å². The number of methoxy groups -OCH3 is 1. The third-order valence-electron chi connectivity index (χ3n) is 4.88. The van der Waals surface area contributed by atoms with E-state index in [9.17, 15) is 0 Å². The fourth-order valence-corrected chi connectivity index (χ4v) is 3.83. The number of benzene rings is 1. The van der Waals surface area contributed by atoms with E-state index in [4.69, 9.17) is 10.5 Å². The van der Waals surface area contributed by atoms with Gasteiger partial charge in [-0.15, -0.1) is 0 Å². The van der Waals surface area contributed by atoms with Crippen molar-refractivity contribution in [3.63, 3.8) is 0 Å². The van der Waals surface area contributed by atoms with Gasteiger partial charge in [-0.2, -0.15) is 0 Å². The van der Waals surface area contributed by atoms with Gasteiger partial charge in [-0.25, -0.2) is 0 Å². The quantitative estimate of drug-likeness (QED) is 0.905. The minimum Gasteiger partial charge on any atom is -0.496 e. The summed E-state index contributed by atoms with van der Waals surface area (Å²) in [7, 11) is 3.92. The molecule has 1 aromatic rings. The second kappa shape index (κ2) is 7.28. The highest BCUT2D eigenvalue weighted by atomic mass is 16.5. The maximum absolute atomic E-state index is 6.41. The molecule has 1 fully saturated rings. The summed E-state index contributed by atoms with van der Waals surface area (Å²) in [4.78, 5) is 2.38. The minimum atomic E-state index is 0.337. The Kier molecular flexibility index (Phi) is 5.65. The summed E-state index contributed by atoms with van der Waals surface area (Å²) in [5.74, 6) is 3.05. The summed E-state index contributed by atoms with van der Waals surface area (Å²) >= 11 is 0. The molecule has 0 radical (unpaired) electrons. The van der Waals surface area contributed by atoms with E-state index in [2.05, 4.69) is 37.9 Å². The summed E-state index contributed by atoms with van der Waals surface area (Å²) < 4.78 is 5.44. The van der Waals surface area contributed by atoms with Gasteiger partial charge in [0.05, 0.1) is 7.11 Å². The molecule has 1 aliphatic rings. The van der Waals surface area contributed by atoms with Crippen LogP contribution in [0.25, 0.3) is 0 Å². The molecule has 3 heteroatoms. The normalized spacial score (nSPS) is 29.6. The van der Waals surface area contributed by atoms with Gasteiger partial charge in [-0.05, 0) is 43.7 Å². The van der Waals surface area contributed by atoms with Gasteiger partial charge in [-0.3, -0.25) is 0 Å². The lowest BCUT2D eigenvalue weighted by Crippen LogP contribution is -2.45. The van der Waals surface area contributed by atoms with Gasteiger partial charge in [0.1, 0.15) is 5.75 Å². The van der Waals surface area contributed by atoms with E-state index < -0.39 is 0 Å². The summed E-state index contributed by atoms with van der Waals surface area (Å²) in [6.07, 6.45) is 2.47. The van der Waals surface area contributed by atoms with Gasteiger partial charge < -0.3 is 15.4 Å². The maximum atomic E-state index is 6.41. The molecule has 0 saturated heterocycles. The molecule has 3 nitrogen and oxygen atoms in total. The van der Waals surface area contributed by atoms with Crippen LogP contribution in [0.3, 0.4) is 0 Å². The molecule has 1 saturated carbocycles. The molecule has 4 atom stereocenters. The molecule has 0 aliphatic heterocycles. The highest BCUT2D eigenvalue weighted by molar-refractivity contribution is 5.33. The van der Waals surface area contributed by atoms with Gasteiger partial charge in [0, 0.05) is 24.7 Å². The second-order valence-electron chi connectivity index (χ2n) is 6.89. The molecule has 1 aliphatic carbocycles. The van der Waals surface area contributed by atoms with E-state index in [1.54, 1.807) is 7.11 Å². The SMILES string of the molecule is COc1ccccc1CN(C)CC1C(C)CC(C)CC1N. The van der Waals surface area contributed by atoms with Gasteiger partial charge in [0.2, 0.25) is 0 Å². The average Bonchev–Trinajstić information content (AvgIpc) is 2.43. The number of rotatable bonds is 5. The number of para-hydroxylation sites is 1. The molecule has 1 aromatic carbocycles. The fourth-order valence-electron chi connectivity index (χ4n) is 3.83. The molecule has 118 valence electrons. The van der Waals surface area contributed by atoms with Crippen LogP contribution in [0, 0.1) is 17.8 Å². The lowest BCUT2D eigenvalue weighted by atomic mass is 9.72. The van der Waals surface area contributed by atoms with Crippen molar-refractivity contribution in [2.45, 2.75) is 39.3 Å². The van der Waals surface area contributed by atoms with Crippen LogP contribution in [0.4, 0.5) is 0 Å².